The van der Waals surface area contributed by atoms with Gasteiger partial charge in [0, 0.05) is 6.08 Å². The zero-order valence-electron chi connectivity index (χ0n) is 13.5. The SMILES string of the molecule is CC=CC(=O)OCCOCCOC1CCC(CCC)CC1. The minimum absolute atomic E-state index is 0.297. The normalized spacial score (nSPS) is 22.6. The quantitative estimate of drug-likeness (QED) is 0.352. The van der Waals surface area contributed by atoms with Crippen LogP contribution in [0.1, 0.15) is 52.4 Å². The summed E-state index contributed by atoms with van der Waals surface area (Å²) in [6.07, 6.45) is 11.1. The molecule has 1 aliphatic carbocycles. The predicted molar refractivity (Wildman–Crippen MR) is 83.2 cm³/mol. The maximum absolute atomic E-state index is 11.0. The molecule has 0 aromatic rings. The first-order valence-corrected chi connectivity index (χ1v) is 8.25. The number of rotatable bonds is 10. The van der Waals surface area contributed by atoms with Crippen LogP contribution < -0.4 is 0 Å². The molecule has 0 bridgehead atoms. The molecule has 1 fully saturated rings. The Morgan fingerprint density at radius 3 is 2.48 bits per heavy atom. The second-order valence-electron chi connectivity index (χ2n) is 5.58. The lowest BCUT2D eigenvalue weighted by atomic mass is 9.85. The summed E-state index contributed by atoms with van der Waals surface area (Å²) in [5.41, 5.74) is 0. The van der Waals surface area contributed by atoms with E-state index in [9.17, 15) is 4.79 Å². The van der Waals surface area contributed by atoms with Crippen LogP contribution in [-0.4, -0.2) is 38.5 Å². The molecule has 4 heteroatoms. The molecule has 0 saturated heterocycles. The first-order valence-electron chi connectivity index (χ1n) is 8.25. The summed E-state index contributed by atoms with van der Waals surface area (Å²) < 4.78 is 16.1. The second-order valence-corrected chi connectivity index (χ2v) is 5.58. The van der Waals surface area contributed by atoms with Gasteiger partial charge in [-0.3, -0.25) is 0 Å². The maximum atomic E-state index is 11.0. The van der Waals surface area contributed by atoms with E-state index in [1.165, 1.54) is 44.6 Å². The molecule has 0 N–H and O–H groups in total. The van der Waals surface area contributed by atoms with Gasteiger partial charge in [-0.2, -0.15) is 0 Å². The molecule has 21 heavy (non-hydrogen) atoms. The molecular formula is C17H30O4. The third-order valence-corrected chi connectivity index (χ3v) is 3.85. The van der Waals surface area contributed by atoms with Gasteiger partial charge in [-0.25, -0.2) is 4.79 Å². The van der Waals surface area contributed by atoms with Gasteiger partial charge in [0.25, 0.3) is 0 Å². The maximum Gasteiger partial charge on any atom is 0.330 e. The van der Waals surface area contributed by atoms with Crippen molar-refractivity contribution in [1.82, 2.24) is 0 Å². The Hall–Kier alpha value is -0.870. The minimum atomic E-state index is -0.318. The van der Waals surface area contributed by atoms with Crippen LogP contribution in [0.4, 0.5) is 0 Å². The highest BCUT2D eigenvalue weighted by Crippen LogP contribution is 2.29. The van der Waals surface area contributed by atoms with Gasteiger partial charge in [-0.1, -0.05) is 25.8 Å². The van der Waals surface area contributed by atoms with Crippen LogP contribution in [0.2, 0.25) is 0 Å². The highest BCUT2D eigenvalue weighted by molar-refractivity contribution is 5.81. The van der Waals surface area contributed by atoms with E-state index in [-0.39, 0.29) is 5.97 Å². The number of hydrogen-bond acceptors (Lipinski definition) is 4. The van der Waals surface area contributed by atoms with E-state index in [1.54, 1.807) is 13.0 Å². The van der Waals surface area contributed by atoms with Crippen LogP contribution >= 0.6 is 0 Å². The third-order valence-electron chi connectivity index (χ3n) is 3.85. The van der Waals surface area contributed by atoms with E-state index in [0.717, 1.165) is 5.92 Å². The Morgan fingerprint density at radius 1 is 1.10 bits per heavy atom. The molecule has 0 aromatic carbocycles. The molecule has 4 nitrogen and oxygen atoms in total. The first kappa shape index (κ1) is 18.2. The van der Waals surface area contributed by atoms with E-state index < -0.39 is 0 Å². The van der Waals surface area contributed by atoms with Gasteiger partial charge in [0.1, 0.15) is 6.61 Å². The molecular weight excluding hydrogens is 268 g/mol. The summed E-state index contributed by atoms with van der Waals surface area (Å²) in [6.45, 7) is 5.96. The first-order chi connectivity index (χ1) is 10.3. The van der Waals surface area contributed by atoms with E-state index in [2.05, 4.69) is 6.92 Å². The van der Waals surface area contributed by atoms with Crippen LogP contribution in [0.15, 0.2) is 12.2 Å². The lowest BCUT2D eigenvalue weighted by Crippen LogP contribution is -2.23. The average Bonchev–Trinajstić information content (AvgIpc) is 2.48. The molecule has 1 rings (SSSR count). The summed E-state index contributed by atoms with van der Waals surface area (Å²) in [4.78, 5) is 11.0. The molecule has 0 aromatic heterocycles. The predicted octanol–water partition coefficient (Wildman–Crippen LogP) is 3.50. The molecule has 1 saturated carbocycles. The summed E-state index contributed by atoms with van der Waals surface area (Å²) in [5.74, 6) is 0.596. The molecule has 0 unspecified atom stereocenters. The van der Waals surface area contributed by atoms with Crippen molar-refractivity contribution in [2.75, 3.05) is 26.4 Å². The van der Waals surface area contributed by atoms with Crippen molar-refractivity contribution in [3.8, 4) is 0 Å². The Kier molecular flexibility index (Phi) is 10.2. The third kappa shape index (κ3) is 8.89. The van der Waals surface area contributed by atoms with Crippen LogP contribution in [0.3, 0.4) is 0 Å². The standard InChI is InChI=1S/C17H30O4/c1-3-5-15-7-9-16(10-8-15)20-13-11-19-12-14-21-17(18)6-4-2/h4,6,15-16H,3,5,7-14H2,1-2H3. The van der Waals surface area contributed by atoms with E-state index in [1.807, 2.05) is 0 Å². The summed E-state index contributed by atoms with van der Waals surface area (Å²) >= 11 is 0. The Bertz CT molecular complexity index is 293. The lowest BCUT2D eigenvalue weighted by molar-refractivity contribution is -0.139. The van der Waals surface area contributed by atoms with Gasteiger partial charge in [0.2, 0.25) is 0 Å². The van der Waals surface area contributed by atoms with Crippen LogP contribution in [0.5, 0.6) is 0 Å². The molecule has 0 heterocycles. The van der Waals surface area contributed by atoms with Crippen molar-refractivity contribution >= 4 is 5.97 Å². The van der Waals surface area contributed by atoms with Crippen molar-refractivity contribution in [2.24, 2.45) is 5.92 Å². The highest BCUT2D eigenvalue weighted by atomic mass is 16.6. The van der Waals surface area contributed by atoms with Gasteiger partial charge in [-0.05, 0) is 38.5 Å². The van der Waals surface area contributed by atoms with Crippen molar-refractivity contribution in [2.45, 2.75) is 58.5 Å². The molecule has 1 aliphatic rings. The van der Waals surface area contributed by atoms with Crippen molar-refractivity contribution < 1.29 is 19.0 Å². The van der Waals surface area contributed by atoms with Gasteiger partial charge >= 0.3 is 5.97 Å². The van der Waals surface area contributed by atoms with Crippen molar-refractivity contribution in [1.29, 1.82) is 0 Å². The number of hydrogen-bond donors (Lipinski definition) is 0. The number of carbonyl (C=O) groups excluding carboxylic acids is 1. The summed E-state index contributed by atoms with van der Waals surface area (Å²) in [5, 5.41) is 0. The fraction of sp³-hybridized carbons (Fsp3) is 0.824. The van der Waals surface area contributed by atoms with Gasteiger partial charge in [0.05, 0.1) is 25.9 Å². The Balaban J connectivity index is 1.90. The van der Waals surface area contributed by atoms with Crippen LogP contribution in [0, 0.1) is 5.92 Å². The van der Waals surface area contributed by atoms with E-state index in [0.29, 0.717) is 32.5 Å². The van der Waals surface area contributed by atoms with E-state index in [4.69, 9.17) is 14.2 Å². The molecule has 0 amide bonds. The fourth-order valence-corrected chi connectivity index (χ4v) is 2.76. The minimum Gasteiger partial charge on any atom is -0.460 e. The van der Waals surface area contributed by atoms with Crippen molar-refractivity contribution in [3.05, 3.63) is 12.2 Å². The highest BCUT2D eigenvalue weighted by Gasteiger charge is 2.20. The summed E-state index contributed by atoms with van der Waals surface area (Å²) in [7, 11) is 0. The monoisotopic (exact) mass is 298 g/mol. The van der Waals surface area contributed by atoms with Crippen molar-refractivity contribution in [3.63, 3.8) is 0 Å². The molecule has 0 atom stereocenters. The zero-order chi connectivity index (χ0) is 15.3. The topological polar surface area (TPSA) is 44.8 Å². The number of carbonyl (C=O) groups is 1. The van der Waals surface area contributed by atoms with Crippen LogP contribution in [0.25, 0.3) is 0 Å². The largest absolute Gasteiger partial charge is 0.460 e. The molecule has 122 valence electrons. The van der Waals surface area contributed by atoms with Gasteiger partial charge in [0.15, 0.2) is 0 Å². The zero-order valence-corrected chi connectivity index (χ0v) is 13.5. The average molecular weight is 298 g/mol. The lowest BCUT2D eigenvalue weighted by Gasteiger charge is -2.28. The second kappa shape index (κ2) is 11.8. The Labute approximate surface area is 128 Å². The number of esters is 1. The van der Waals surface area contributed by atoms with E-state index >= 15 is 0 Å². The molecule has 0 aliphatic heterocycles. The smallest absolute Gasteiger partial charge is 0.330 e. The Morgan fingerprint density at radius 2 is 1.81 bits per heavy atom. The molecule has 0 radical (unpaired) electrons. The van der Waals surface area contributed by atoms with Gasteiger partial charge < -0.3 is 14.2 Å². The number of allylic oxidation sites excluding steroid dienone is 1. The number of ether oxygens (including phenoxy) is 3. The molecule has 0 spiro atoms. The fourth-order valence-electron chi connectivity index (χ4n) is 2.76. The van der Waals surface area contributed by atoms with Crippen LogP contribution in [-0.2, 0) is 19.0 Å². The summed E-state index contributed by atoms with van der Waals surface area (Å²) in [6, 6.07) is 0. The van der Waals surface area contributed by atoms with Gasteiger partial charge in [-0.15, -0.1) is 0 Å².